The second kappa shape index (κ2) is 16.7. The number of nitrogens with zero attached hydrogens (tertiary/aromatic N) is 1. The van der Waals surface area contributed by atoms with Crippen LogP contribution in [0.1, 0.15) is 0 Å². The van der Waals surface area contributed by atoms with E-state index >= 15 is 0 Å². The fraction of sp³-hybridized carbons (Fsp3) is 0. The van der Waals surface area contributed by atoms with Crippen LogP contribution in [-0.2, 0) is 0 Å². The lowest BCUT2D eigenvalue weighted by molar-refractivity contribution is 1.30. The second-order valence-corrected chi connectivity index (χ2v) is 16.0. The van der Waals surface area contributed by atoms with Crippen LogP contribution in [0, 0.1) is 0 Å². The number of hydrogen-bond acceptors (Lipinski definition) is 1. The summed E-state index contributed by atoms with van der Waals surface area (Å²) in [6, 6.07) is 95.0. The summed E-state index contributed by atoms with van der Waals surface area (Å²) in [5.74, 6) is 0. The minimum atomic E-state index is 1.07. The average molecular weight is 802 g/mol. The second-order valence-electron chi connectivity index (χ2n) is 16.0. The minimum absolute atomic E-state index is 1.07. The Bertz CT molecular complexity index is 3230. The van der Waals surface area contributed by atoms with Crippen LogP contribution >= 0.6 is 0 Å². The van der Waals surface area contributed by atoms with Gasteiger partial charge in [-0.1, -0.05) is 237 Å². The SMILES string of the molecule is c1ccc(-c2cc(-c3ccccc3)cc(N(c3c(-c4ccccc4)cccc3-c3ccccc3)c3cccc4c3c(-c3ccccc3)c(-c3ccccc3)c3ccccc34)c2)cc1. The van der Waals surface area contributed by atoms with Gasteiger partial charge in [-0.15, -0.1) is 0 Å². The van der Waals surface area contributed by atoms with Crippen LogP contribution in [0.25, 0.3) is 88.3 Å². The maximum atomic E-state index is 2.57. The van der Waals surface area contributed by atoms with Crippen LogP contribution in [0.4, 0.5) is 17.1 Å². The van der Waals surface area contributed by atoms with E-state index in [2.05, 4.69) is 266 Å². The van der Waals surface area contributed by atoms with Gasteiger partial charge in [-0.3, -0.25) is 0 Å². The standard InChI is InChI=1S/C62H43N/c1-7-23-44(24-8-1)50-41-51(45-25-9-2-10-26-45)43-52(42-50)63(62-53(46-27-11-3-12-28-46)37-21-38-54(62)47-29-13-4-14-30-47)58-40-22-39-57-55-35-19-20-36-56(55)59(48-31-15-5-16-32-48)60(61(57)58)49-33-17-6-18-34-49/h1-43H. The molecule has 0 heterocycles. The van der Waals surface area contributed by atoms with Gasteiger partial charge in [0.2, 0.25) is 0 Å². The first-order valence-electron chi connectivity index (χ1n) is 21.7. The minimum Gasteiger partial charge on any atom is -0.309 e. The third-order valence-electron chi connectivity index (χ3n) is 12.2. The molecule has 0 atom stereocenters. The van der Waals surface area contributed by atoms with Gasteiger partial charge >= 0.3 is 0 Å². The topological polar surface area (TPSA) is 3.24 Å². The van der Waals surface area contributed by atoms with Gasteiger partial charge in [-0.25, -0.2) is 0 Å². The Kier molecular flexibility index (Phi) is 9.97. The predicted molar refractivity (Wildman–Crippen MR) is 269 cm³/mol. The highest BCUT2D eigenvalue weighted by molar-refractivity contribution is 6.25. The van der Waals surface area contributed by atoms with Gasteiger partial charge in [-0.2, -0.15) is 0 Å². The molecule has 0 spiro atoms. The summed E-state index contributed by atoms with van der Waals surface area (Å²) < 4.78 is 0. The monoisotopic (exact) mass is 801 g/mol. The number of hydrogen-bond donors (Lipinski definition) is 0. The summed E-state index contributed by atoms with van der Waals surface area (Å²) >= 11 is 0. The zero-order valence-corrected chi connectivity index (χ0v) is 34.8. The van der Waals surface area contributed by atoms with E-state index in [1.165, 1.54) is 43.8 Å². The van der Waals surface area contributed by atoms with E-state index in [4.69, 9.17) is 0 Å². The van der Waals surface area contributed by atoms with Crippen LogP contribution in [0.3, 0.4) is 0 Å². The molecule has 1 heteroatoms. The maximum Gasteiger partial charge on any atom is 0.0618 e. The summed E-state index contributed by atoms with van der Waals surface area (Å²) in [5, 5.41) is 4.84. The Morgan fingerprint density at radius 3 is 1.11 bits per heavy atom. The Balaban J connectivity index is 1.36. The van der Waals surface area contributed by atoms with Crippen molar-refractivity contribution in [3.63, 3.8) is 0 Å². The van der Waals surface area contributed by atoms with E-state index in [1.807, 2.05) is 0 Å². The number of benzene rings is 11. The lowest BCUT2D eigenvalue weighted by Crippen LogP contribution is -2.14. The average Bonchev–Trinajstić information content (AvgIpc) is 3.37. The molecule has 0 aromatic heterocycles. The molecule has 0 radical (unpaired) electrons. The van der Waals surface area contributed by atoms with Gasteiger partial charge in [-0.05, 0) is 90.5 Å². The summed E-state index contributed by atoms with van der Waals surface area (Å²) in [6.45, 7) is 0. The van der Waals surface area contributed by atoms with Crippen LogP contribution in [0.2, 0.25) is 0 Å². The first kappa shape index (κ1) is 37.7. The van der Waals surface area contributed by atoms with Gasteiger partial charge < -0.3 is 4.90 Å². The summed E-state index contributed by atoms with van der Waals surface area (Å²) in [7, 11) is 0. The first-order chi connectivity index (χ1) is 31.3. The van der Waals surface area contributed by atoms with Gasteiger partial charge in [0.25, 0.3) is 0 Å². The van der Waals surface area contributed by atoms with E-state index in [-0.39, 0.29) is 0 Å². The highest BCUT2D eigenvalue weighted by Crippen LogP contribution is 2.53. The number of rotatable bonds is 9. The molecule has 296 valence electrons. The number of fused-ring (bicyclic) bond motifs is 3. The van der Waals surface area contributed by atoms with Gasteiger partial charge in [0.15, 0.2) is 0 Å². The molecule has 11 rings (SSSR count). The molecule has 0 saturated carbocycles. The molecule has 0 N–H and O–H groups in total. The third kappa shape index (κ3) is 7.06. The molecule has 1 nitrogen and oxygen atoms in total. The van der Waals surface area contributed by atoms with Crippen molar-refractivity contribution in [2.24, 2.45) is 0 Å². The van der Waals surface area contributed by atoms with E-state index in [1.54, 1.807) is 0 Å². The Morgan fingerprint density at radius 2 is 0.619 bits per heavy atom. The lowest BCUT2D eigenvalue weighted by atomic mass is 9.84. The largest absolute Gasteiger partial charge is 0.309 e. The molecule has 0 unspecified atom stereocenters. The summed E-state index contributed by atoms with van der Waals surface area (Å²) in [4.78, 5) is 2.57. The van der Waals surface area contributed by atoms with E-state index in [0.717, 1.165) is 61.6 Å². The zero-order valence-electron chi connectivity index (χ0n) is 34.8. The summed E-state index contributed by atoms with van der Waals surface area (Å²) in [5.41, 5.74) is 17.3. The van der Waals surface area contributed by atoms with Crippen molar-refractivity contribution >= 4 is 38.6 Å². The number of anilines is 3. The Morgan fingerprint density at radius 1 is 0.238 bits per heavy atom. The van der Waals surface area contributed by atoms with Crippen molar-refractivity contribution in [1.29, 1.82) is 0 Å². The van der Waals surface area contributed by atoms with Crippen LogP contribution < -0.4 is 4.90 Å². The zero-order chi connectivity index (χ0) is 42.0. The first-order valence-corrected chi connectivity index (χ1v) is 21.7. The molecule has 11 aromatic rings. The normalized spacial score (nSPS) is 11.2. The van der Waals surface area contributed by atoms with Crippen molar-refractivity contribution < 1.29 is 0 Å². The highest BCUT2D eigenvalue weighted by Gasteiger charge is 2.27. The van der Waals surface area contributed by atoms with Crippen LogP contribution in [-0.4, -0.2) is 0 Å². The van der Waals surface area contributed by atoms with Crippen LogP contribution in [0.5, 0.6) is 0 Å². The molecule has 0 aliphatic rings. The van der Waals surface area contributed by atoms with Crippen molar-refractivity contribution in [1.82, 2.24) is 0 Å². The van der Waals surface area contributed by atoms with E-state index < -0.39 is 0 Å². The van der Waals surface area contributed by atoms with Gasteiger partial charge in [0.05, 0.1) is 11.4 Å². The lowest BCUT2D eigenvalue weighted by Gasteiger charge is -2.33. The van der Waals surface area contributed by atoms with Gasteiger partial charge in [0.1, 0.15) is 0 Å². The summed E-state index contributed by atoms with van der Waals surface area (Å²) in [6.07, 6.45) is 0. The quantitative estimate of drug-likeness (QED) is 0.131. The molecule has 11 aromatic carbocycles. The number of para-hydroxylation sites is 1. The third-order valence-corrected chi connectivity index (χ3v) is 12.2. The van der Waals surface area contributed by atoms with Crippen molar-refractivity contribution in [3.8, 4) is 66.8 Å². The van der Waals surface area contributed by atoms with Crippen molar-refractivity contribution in [2.75, 3.05) is 4.90 Å². The fourth-order valence-corrected chi connectivity index (χ4v) is 9.42. The molecule has 0 saturated heterocycles. The molecular weight excluding hydrogens is 759 g/mol. The van der Waals surface area contributed by atoms with Gasteiger partial charge in [0, 0.05) is 27.8 Å². The molecule has 0 aliphatic heterocycles. The molecule has 0 amide bonds. The highest BCUT2D eigenvalue weighted by atomic mass is 15.1. The maximum absolute atomic E-state index is 2.57. The van der Waals surface area contributed by atoms with Crippen molar-refractivity contribution in [3.05, 3.63) is 261 Å². The van der Waals surface area contributed by atoms with Crippen molar-refractivity contribution in [2.45, 2.75) is 0 Å². The molecule has 0 fully saturated rings. The Labute approximate surface area is 369 Å². The Hall–Kier alpha value is -8.26. The van der Waals surface area contributed by atoms with E-state index in [0.29, 0.717) is 0 Å². The molecule has 0 aliphatic carbocycles. The van der Waals surface area contributed by atoms with E-state index in [9.17, 15) is 0 Å². The smallest absolute Gasteiger partial charge is 0.0618 e. The molecular formula is C62H43N. The van der Waals surface area contributed by atoms with Crippen LogP contribution in [0.15, 0.2) is 261 Å². The fourth-order valence-electron chi connectivity index (χ4n) is 9.42. The molecule has 63 heavy (non-hydrogen) atoms. The molecule has 0 bridgehead atoms. The predicted octanol–water partition coefficient (Wildman–Crippen LogP) is 17.5.